The van der Waals surface area contributed by atoms with Crippen molar-refractivity contribution in [1.82, 2.24) is 30.2 Å². The molecule has 3 aromatic rings. The molecule has 0 radical (unpaired) electrons. The molecule has 13 heteroatoms. The molecule has 0 aliphatic heterocycles. The number of fused-ring (bicyclic) bond motifs is 1. The lowest BCUT2D eigenvalue weighted by atomic mass is 9.81. The summed E-state index contributed by atoms with van der Waals surface area (Å²) in [5, 5.41) is 10.2. The summed E-state index contributed by atoms with van der Waals surface area (Å²) in [6, 6.07) is 2.30. The van der Waals surface area contributed by atoms with E-state index in [0.717, 1.165) is 18.4 Å². The molecular formula is C30H35F5N6O2. The molecule has 0 spiro atoms. The Bertz CT molecular complexity index is 1460. The summed E-state index contributed by atoms with van der Waals surface area (Å²) in [5.74, 6) is -3.88. The molecule has 8 nitrogen and oxygen atoms in total. The fourth-order valence-electron chi connectivity index (χ4n) is 5.58. The van der Waals surface area contributed by atoms with Gasteiger partial charge in [-0.2, -0.15) is 18.3 Å². The van der Waals surface area contributed by atoms with E-state index in [0.29, 0.717) is 22.5 Å². The van der Waals surface area contributed by atoms with Gasteiger partial charge in [0.15, 0.2) is 5.65 Å². The van der Waals surface area contributed by atoms with Crippen LogP contribution in [0.25, 0.3) is 5.65 Å². The normalized spacial score (nSPS) is 18.9. The Kier molecular flexibility index (Phi) is 8.71. The number of carbonyl (C=O) groups is 2. The van der Waals surface area contributed by atoms with Crippen LogP contribution in [0.4, 0.5) is 22.0 Å². The second kappa shape index (κ2) is 12.2. The lowest BCUT2D eigenvalue weighted by Crippen LogP contribution is -2.37. The van der Waals surface area contributed by atoms with E-state index < -0.39 is 48.8 Å². The van der Waals surface area contributed by atoms with Gasteiger partial charge in [0.2, 0.25) is 11.8 Å². The minimum atomic E-state index is -4.42. The minimum absolute atomic E-state index is 0.0830. The van der Waals surface area contributed by atoms with Gasteiger partial charge in [0.25, 0.3) is 5.91 Å². The smallest absolute Gasteiger partial charge is 0.349 e. The highest BCUT2D eigenvalue weighted by molar-refractivity contribution is 5.94. The van der Waals surface area contributed by atoms with Crippen molar-refractivity contribution in [2.75, 3.05) is 0 Å². The summed E-state index contributed by atoms with van der Waals surface area (Å²) >= 11 is 0. The summed E-state index contributed by atoms with van der Waals surface area (Å²) in [7, 11) is 0. The number of nitrogens with zero attached hydrogens (tertiary/aromatic N) is 4. The van der Waals surface area contributed by atoms with E-state index in [9.17, 15) is 31.5 Å². The van der Waals surface area contributed by atoms with Gasteiger partial charge in [-0.25, -0.2) is 18.3 Å². The highest BCUT2D eigenvalue weighted by Gasteiger charge is 2.40. The first-order valence-electron chi connectivity index (χ1n) is 14.6. The van der Waals surface area contributed by atoms with Gasteiger partial charge in [-0.15, -0.1) is 0 Å². The van der Waals surface area contributed by atoms with E-state index in [-0.39, 0.29) is 43.4 Å². The maximum atomic E-state index is 14.0. The van der Waals surface area contributed by atoms with E-state index in [4.69, 9.17) is 4.98 Å². The highest BCUT2D eigenvalue weighted by Crippen LogP contribution is 2.43. The average molecular weight is 607 g/mol. The molecule has 0 unspecified atom stereocenters. The van der Waals surface area contributed by atoms with Gasteiger partial charge in [0, 0.05) is 31.7 Å². The SMILES string of the molecule is CC(C)c1cncc(C(=O)N[C@H](c2cn3ncc([C@H](NC(=O)CCC(F)(F)F)C4CC4)cc3n2)C2CCC(F)(F)CC2)c1. The number of carbonyl (C=O) groups excluding carboxylic acids is 2. The van der Waals surface area contributed by atoms with Crippen LogP contribution in [-0.2, 0) is 4.79 Å². The molecule has 2 amide bonds. The van der Waals surface area contributed by atoms with Crippen LogP contribution in [0.3, 0.4) is 0 Å². The standard InChI is InChI=1S/C30H35F5N6O2/c1-17(2)20-11-22(14-36-13-20)28(43)40-27(19-5-8-29(31,32)9-6-19)23-16-41-24(38-23)12-21(15-37-41)26(18-3-4-18)39-25(42)7-10-30(33,34)35/h11-19,26-27H,3-10H2,1-2H3,(H,39,42)(H,40,43)/t26-,27+/m1/s1. The number of alkyl halides is 5. The lowest BCUT2D eigenvalue weighted by Gasteiger charge is -2.33. The fraction of sp³-hybridized carbons (Fsp3) is 0.567. The van der Waals surface area contributed by atoms with Crippen LogP contribution >= 0.6 is 0 Å². The molecule has 0 bridgehead atoms. The number of amides is 2. The van der Waals surface area contributed by atoms with Gasteiger partial charge in [-0.3, -0.25) is 14.6 Å². The van der Waals surface area contributed by atoms with Gasteiger partial charge in [-0.05, 0) is 66.7 Å². The van der Waals surface area contributed by atoms with Crippen LogP contribution in [0.15, 0.2) is 36.9 Å². The zero-order valence-electron chi connectivity index (χ0n) is 24.0. The first-order chi connectivity index (χ1) is 20.3. The fourth-order valence-corrected chi connectivity index (χ4v) is 5.58. The maximum Gasteiger partial charge on any atom is 0.389 e. The molecule has 0 saturated heterocycles. The van der Waals surface area contributed by atoms with Crippen LogP contribution in [0.5, 0.6) is 0 Å². The van der Waals surface area contributed by atoms with Gasteiger partial charge < -0.3 is 10.6 Å². The highest BCUT2D eigenvalue weighted by atomic mass is 19.4. The zero-order chi connectivity index (χ0) is 30.9. The largest absolute Gasteiger partial charge is 0.389 e. The first kappa shape index (κ1) is 30.8. The number of rotatable bonds is 10. The summed E-state index contributed by atoms with van der Waals surface area (Å²) in [6.07, 6.45) is 1.53. The van der Waals surface area contributed by atoms with Gasteiger partial charge >= 0.3 is 6.18 Å². The van der Waals surface area contributed by atoms with Gasteiger partial charge in [-0.1, -0.05) is 13.8 Å². The molecule has 3 aromatic heterocycles. The Balaban J connectivity index is 1.40. The summed E-state index contributed by atoms with van der Waals surface area (Å²) in [5.41, 5.74) is 2.73. The monoisotopic (exact) mass is 606 g/mol. The predicted molar refractivity (Wildman–Crippen MR) is 147 cm³/mol. The minimum Gasteiger partial charge on any atom is -0.349 e. The van der Waals surface area contributed by atoms with E-state index in [1.165, 1.54) is 10.7 Å². The average Bonchev–Trinajstić information content (AvgIpc) is 3.71. The molecule has 2 saturated carbocycles. The lowest BCUT2D eigenvalue weighted by molar-refractivity contribution is -0.144. The van der Waals surface area contributed by atoms with Crippen molar-refractivity contribution in [2.24, 2.45) is 11.8 Å². The van der Waals surface area contributed by atoms with E-state index in [1.807, 2.05) is 13.8 Å². The molecule has 5 rings (SSSR count). The summed E-state index contributed by atoms with van der Waals surface area (Å²) in [4.78, 5) is 34.6. The van der Waals surface area contributed by atoms with E-state index in [1.54, 1.807) is 30.7 Å². The zero-order valence-corrected chi connectivity index (χ0v) is 24.0. The van der Waals surface area contributed by atoms with E-state index in [2.05, 4.69) is 20.7 Å². The molecule has 2 N–H and O–H groups in total. The molecule has 3 heterocycles. The second-order valence-electron chi connectivity index (χ2n) is 12.1. The number of aromatic nitrogens is 4. The number of nitrogens with one attached hydrogen (secondary N) is 2. The molecule has 43 heavy (non-hydrogen) atoms. The van der Waals surface area contributed by atoms with Crippen molar-refractivity contribution in [1.29, 1.82) is 0 Å². The Hall–Kier alpha value is -3.64. The number of pyridine rings is 1. The first-order valence-corrected chi connectivity index (χ1v) is 14.6. The number of hydrogen-bond acceptors (Lipinski definition) is 5. The van der Waals surface area contributed by atoms with Crippen molar-refractivity contribution in [3.8, 4) is 0 Å². The quantitative estimate of drug-likeness (QED) is 0.258. The predicted octanol–water partition coefficient (Wildman–Crippen LogP) is 6.45. The molecule has 2 aliphatic rings. The molecular weight excluding hydrogens is 571 g/mol. The third-order valence-corrected chi connectivity index (χ3v) is 8.29. The third-order valence-electron chi connectivity index (χ3n) is 8.29. The van der Waals surface area contributed by atoms with Crippen LogP contribution in [-0.4, -0.2) is 43.5 Å². The molecule has 2 atom stereocenters. The van der Waals surface area contributed by atoms with Crippen LogP contribution in [0.2, 0.25) is 0 Å². The van der Waals surface area contributed by atoms with Gasteiger partial charge in [0.1, 0.15) is 0 Å². The Labute approximate surface area is 245 Å². The van der Waals surface area contributed by atoms with Crippen molar-refractivity contribution in [3.05, 3.63) is 59.3 Å². The topological polar surface area (TPSA) is 101 Å². The van der Waals surface area contributed by atoms with Crippen LogP contribution in [0.1, 0.15) is 110 Å². The van der Waals surface area contributed by atoms with Crippen molar-refractivity contribution < 1.29 is 31.5 Å². The van der Waals surface area contributed by atoms with Crippen LogP contribution < -0.4 is 10.6 Å². The van der Waals surface area contributed by atoms with Crippen molar-refractivity contribution >= 4 is 17.5 Å². The second-order valence-corrected chi connectivity index (χ2v) is 12.1. The molecule has 2 aliphatic carbocycles. The Morgan fingerprint density at radius 1 is 0.977 bits per heavy atom. The molecule has 232 valence electrons. The third kappa shape index (κ3) is 7.85. The van der Waals surface area contributed by atoms with Gasteiger partial charge in [0.05, 0.1) is 42.2 Å². The number of halogens is 5. The molecule has 2 fully saturated rings. The summed E-state index contributed by atoms with van der Waals surface area (Å²) in [6.45, 7) is 3.98. The summed E-state index contributed by atoms with van der Waals surface area (Å²) < 4.78 is 67.4. The van der Waals surface area contributed by atoms with Crippen molar-refractivity contribution in [2.45, 2.75) is 95.3 Å². The molecule has 0 aromatic carbocycles. The Morgan fingerprint density at radius 2 is 1.67 bits per heavy atom. The number of hydrogen-bond donors (Lipinski definition) is 2. The van der Waals surface area contributed by atoms with E-state index >= 15 is 0 Å². The number of imidazole rings is 1. The van der Waals surface area contributed by atoms with Crippen molar-refractivity contribution in [3.63, 3.8) is 0 Å². The van der Waals surface area contributed by atoms with Crippen LogP contribution in [0, 0.1) is 11.8 Å². The maximum absolute atomic E-state index is 14.0. The Morgan fingerprint density at radius 3 is 2.33 bits per heavy atom.